The van der Waals surface area contributed by atoms with Gasteiger partial charge in [0.1, 0.15) is 11.5 Å². The Morgan fingerprint density at radius 2 is 1.53 bits per heavy atom. The molecular weight excluding hydrogens is 396 g/mol. The fraction of sp³-hybridized carbons (Fsp3) is 0.333. The molecule has 0 radical (unpaired) electrons. The third-order valence-corrected chi connectivity index (χ3v) is 6.40. The largest absolute Gasteiger partial charge is 0.460 e. The molecule has 1 aromatic heterocycles. The monoisotopic (exact) mass is 426 g/mol. The summed E-state index contributed by atoms with van der Waals surface area (Å²) in [5, 5.41) is 3.35. The van der Waals surface area contributed by atoms with E-state index in [4.69, 9.17) is 4.42 Å². The summed E-state index contributed by atoms with van der Waals surface area (Å²) in [7, 11) is -1.88. The van der Waals surface area contributed by atoms with Gasteiger partial charge in [-0.2, -0.15) is 0 Å². The summed E-state index contributed by atoms with van der Waals surface area (Å²) in [5.74, 6) is 1.65. The molecule has 0 aliphatic heterocycles. The van der Waals surface area contributed by atoms with Crippen LogP contribution < -0.4 is 10.0 Å². The van der Waals surface area contributed by atoms with E-state index >= 15 is 0 Å². The van der Waals surface area contributed by atoms with Crippen molar-refractivity contribution in [1.82, 2.24) is 10.0 Å². The van der Waals surface area contributed by atoms with E-state index in [0.29, 0.717) is 13.1 Å². The highest BCUT2D eigenvalue weighted by Gasteiger charge is 2.14. The molecule has 0 atom stereocenters. The van der Waals surface area contributed by atoms with Crippen LogP contribution in [0.5, 0.6) is 0 Å². The van der Waals surface area contributed by atoms with Crippen LogP contribution in [-0.2, 0) is 34.3 Å². The average Bonchev–Trinajstić information content (AvgIpc) is 3.17. The normalized spacial score (nSPS) is 12.3. The Kier molecular flexibility index (Phi) is 6.81. The summed E-state index contributed by atoms with van der Waals surface area (Å²) in [4.78, 5) is 0. The molecule has 5 nitrogen and oxygen atoms in total. The van der Waals surface area contributed by atoms with Crippen LogP contribution in [0.25, 0.3) is 11.3 Å². The number of furan rings is 1. The van der Waals surface area contributed by atoms with Gasteiger partial charge in [-0.1, -0.05) is 69.3 Å². The van der Waals surface area contributed by atoms with Crippen LogP contribution in [0, 0.1) is 0 Å². The standard InChI is InChI=1S/C24H30N2O3S/c1-24(2,3)21-11-9-18(10-12-21)23-14-13-22(29-23)16-26-15-19-7-5-6-8-20(19)17-30(27,28)25-4/h5-14,25-26H,15-17H2,1-4H3. The van der Waals surface area contributed by atoms with Crippen LogP contribution in [0.3, 0.4) is 0 Å². The predicted molar refractivity (Wildman–Crippen MR) is 122 cm³/mol. The molecule has 2 aromatic carbocycles. The fourth-order valence-corrected chi connectivity index (χ4v) is 4.07. The molecule has 0 aliphatic rings. The van der Waals surface area contributed by atoms with Crippen LogP contribution in [-0.4, -0.2) is 15.5 Å². The molecule has 0 saturated heterocycles. The summed E-state index contributed by atoms with van der Waals surface area (Å²) in [6, 6.07) is 20.0. The zero-order chi connectivity index (χ0) is 21.8. The number of sulfonamides is 1. The quantitative estimate of drug-likeness (QED) is 0.553. The Balaban J connectivity index is 1.62. The Labute approximate surface area is 179 Å². The van der Waals surface area contributed by atoms with Gasteiger partial charge >= 0.3 is 0 Å². The van der Waals surface area contributed by atoms with Gasteiger partial charge in [0.15, 0.2) is 0 Å². The SMILES string of the molecule is CNS(=O)(=O)Cc1ccccc1CNCc1ccc(-c2ccc(C(C)(C)C)cc2)o1. The molecule has 1 heterocycles. The summed E-state index contributed by atoms with van der Waals surface area (Å²) in [6.07, 6.45) is 0. The molecule has 0 unspecified atom stereocenters. The van der Waals surface area contributed by atoms with Crippen LogP contribution in [0.4, 0.5) is 0 Å². The number of rotatable bonds is 8. The van der Waals surface area contributed by atoms with Crippen molar-refractivity contribution in [2.24, 2.45) is 0 Å². The van der Waals surface area contributed by atoms with Gasteiger partial charge in [-0.25, -0.2) is 13.1 Å². The van der Waals surface area contributed by atoms with Gasteiger partial charge in [0, 0.05) is 12.1 Å². The third kappa shape index (κ3) is 5.81. The van der Waals surface area contributed by atoms with E-state index in [0.717, 1.165) is 28.2 Å². The van der Waals surface area contributed by atoms with Gasteiger partial charge in [-0.05, 0) is 41.3 Å². The number of hydrogen-bond donors (Lipinski definition) is 2. The summed E-state index contributed by atoms with van der Waals surface area (Å²) >= 11 is 0. The molecular formula is C24H30N2O3S. The predicted octanol–water partition coefficient (Wildman–Crippen LogP) is 4.58. The van der Waals surface area contributed by atoms with Gasteiger partial charge in [-0.3, -0.25) is 0 Å². The summed E-state index contributed by atoms with van der Waals surface area (Å²) < 4.78 is 32.1. The molecule has 0 fully saturated rings. The van der Waals surface area contributed by atoms with E-state index in [2.05, 4.69) is 55.1 Å². The van der Waals surface area contributed by atoms with Crippen LogP contribution in [0.15, 0.2) is 65.1 Å². The fourth-order valence-electron chi connectivity index (χ4n) is 3.23. The molecule has 2 N–H and O–H groups in total. The Morgan fingerprint density at radius 1 is 0.867 bits per heavy atom. The van der Waals surface area contributed by atoms with Crippen molar-refractivity contribution in [3.63, 3.8) is 0 Å². The smallest absolute Gasteiger partial charge is 0.215 e. The first-order chi connectivity index (χ1) is 14.2. The Bertz CT molecular complexity index is 1080. The molecule has 3 aromatic rings. The third-order valence-electron chi connectivity index (χ3n) is 5.09. The minimum absolute atomic E-state index is 0.0309. The first-order valence-corrected chi connectivity index (χ1v) is 11.7. The molecule has 30 heavy (non-hydrogen) atoms. The molecule has 160 valence electrons. The van der Waals surface area contributed by atoms with Crippen molar-refractivity contribution >= 4 is 10.0 Å². The van der Waals surface area contributed by atoms with Gasteiger partial charge < -0.3 is 9.73 Å². The Hall–Kier alpha value is -2.41. The minimum Gasteiger partial charge on any atom is -0.460 e. The van der Waals surface area contributed by atoms with E-state index in [-0.39, 0.29) is 11.2 Å². The molecule has 0 bridgehead atoms. The second-order valence-corrected chi connectivity index (χ2v) is 10.4. The molecule has 0 aliphatic carbocycles. The zero-order valence-electron chi connectivity index (χ0n) is 18.0. The van der Waals surface area contributed by atoms with E-state index in [1.54, 1.807) is 0 Å². The van der Waals surface area contributed by atoms with Crippen molar-refractivity contribution in [1.29, 1.82) is 0 Å². The van der Waals surface area contributed by atoms with E-state index in [1.165, 1.54) is 12.6 Å². The topological polar surface area (TPSA) is 71.3 Å². The molecule has 0 spiro atoms. The van der Waals surface area contributed by atoms with Crippen LogP contribution >= 0.6 is 0 Å². The van der Waals surface area contributed by atoms with Gasteiger partial charge in [-0.15, -0.1) is 0 Å². The average molecular weight is 427 g/mol. The summed E-state index contributed by atoms with van der Waals surface area (Å²) in [6.45, 7) is 7.72. The van der Waals surface area contributed by atoms with Crippen molar-refractivity contribution < 1.29 is 12.8 Å². The van der Waals surface area contributed by atoms with E-state index in [1.807, 2.05) is 36.4 Å². The maximum atomic E-state index is 11.9. The lowest BCUT2D eigenvalue weighted by molar-refractivity contribution is 0.493. The molecule has 0 amide bonds. The van der Waals surface area contributed by atoms with Crippen LogP contribution in [0.2, 0.25) is 0 Å². The molecule has 0 saturated carbocycles. The second kappa shape index (κ2) is 9.16. The lowest BCUT2D eigenvalue weighted by Gasteiger charge is -2.18. The molecule has 3 rings (SSSR count). The van der Waals surface area contributed by atoms with Crippen LogP contribution in [0.1, 0.15) is 43.2 Å². The lowest BCUT2D eigenvalue weighted by Crippen LogP contribution is -2.22. The summed E-state index contributed by atoms with van der Waals surface area (Å²) in [5.41, 5.74) is 4.22. The highest BCUT2D eigenvalue weighted by Crippen LogP contribution is 2.27. The number of nitrogens with one attached hydrogen (secondary N) is 2. The van der Waals surface area contributed by atoms with E-state index < -0.39 is 10.0 Å². The minimum atomic E-state index is -3.31. The first kappa shape index (κ1) is 22.3. The van der Waals surface area contributed by atoms with Crippen molar-refractivity contribution in [3.05, 3.63) is 83.1 Å². The maximum absolute atomic E-state index is 11.9. The zero-order valence-corrected chi connectivity index (χ0v) is 18.8. The van der Waals surface area contributed by atoms with Crippen molar-refractivity contribution in [3.8, 4) is 11.3 Å². The highest BCUT2D eigenvalue weighted by molar-refractivity contribution is 7.88. The van der Waals surface area contributed by atoms with Gasteiger partial charge in [0.2, 0.25) is 10.0 Å². The van der Waals surface area contributed by atoms with Gasteiger partial charge in [0.25, 0.3) is 0 Å². The number of hydrogen-bond acceptors (Lipinski definition) is 4. The van der Waals surface area contributed by atoms with Crippen molar-refractivity contribution in [2.45, 2.75) is 45.0 Å². The van der Waals surface area contributed by atoms with Crippen molar-refractivity contribution in [2.75, 3.05) is 7.05 Å². The number of benzene rings is 2. The highest BCUT2D eigenvalue weighted by atomic mass is 32.2. The first-order valence-electron chi connectivity index (χ1n) is 10.1. The Morgan fingerprint density at radius 3 is 2.17 bits per heavy atom. The second-order valence-electron chi connectivity index (χ2n) is 8.43. The molecule has 6 heteroatoms. The van der Waals surface area contributed by atoms with Gasteiger partial charge in [0.05, 0.1) is 12.3 Å². The maximum Gasteiger partial charge on any atom is 0.215 e. The van der Waals surface area contributed by atoms with E-state index in [9.17, 15) is 8.42 Å². The lowest BCUT2D eigenvalue weighted by atomic mass is 9.86.